The molecule has 0 fully saturated rings. The Morgan fingerprint density at radius 3 is 1.56 bits per heavy atom. The Bertz CT molecular complexity index is 764. The Kier molecular flexibility index (Phi) is 5.11. The molecule has 6 rings (SSSR count). The van der Waals surface area contributed by atoms with Crippen LogP contribution in [0.2, 0.25) is 0 Å². The van der Waals surface area contributed by atoms with Gasteiger partial charge < -0.3 is 18.8 Å². The van der Waals surface area contributed by atoms with Crippen molar-refractivity contribution in [3.8, 4) is 0 Å². The van der Waals surface area contributed by atoms with Gasteiger partial charge in [0, 0.05) is 68.7 Å². The maximum atomic E-state index is 9.19. The van der Waals surface area contributed by atoms with Crippen molar-refractivity contribution in [2.75, 3.05) is 0 Å². The number of aryl methyl sites for hydroxylation is 3. The summed E-state index contributed by atoms with van der Waals surface area (Å²) in [6.45, 7) is 7.70. The van der Waals surface area contributed by atoms with Crippen LogP contribution in [-0.4, -0.2) is 33.8 Å². The molecule has 1 unspecified atom stereocenters. The zero-order chi connectivity index (χ0) is 18.8. The molecule has 3 aliphatic rings. The van der Waals surface area contributed by atoms with Gasteiger partial charge in [0.25, 0.3) is 0 Å². The maximum absolute atomic E-state index is 9.19. The topological polar surface area (TPSA) is 73.7 Å². The fraction of sp³-hybridized carbons (Fsp3) is 0.550. The molecule has 0 aliphatic carbocycles. The van der Waals surface area contributed by atoms with Crippen LogP contribution >= 0.6 is 0 Å². The zero-order valence-electron chi connectivity index (χ0n) is 16.1. The summed E-state index contributed by atoms with van der Waals surface area (Å²) in [7, 11) is 0. The lowest BCUT2D eigenvalue weighted by molar-refractivity contribution is 0.175. The molecule has 7 nitrogen and oxygen atoms in total. The van der Waals surface area contributed by atoms with E-state index in [1.807, 2.05) is 23.2 Å². The first-order valence-electron chi connectivity index (χ1n) is 9.84. The van der Waals surface area contributed by atoms with Crippen molar-refractivity contribution >= 4 is 0 Å². The summed E-state index contributed by atoms with van der Waals surface area (Å²) in [5.41, 5.74) is 0. The zero-order valence-corrected chi connectivity index (χ0v) is 16.1. The number of rotatable bonds is 0. The second-order valence-corrected chi connectivity index (χ2v) is 7.62. The number of aliphatic hydroxyl groups is 1. The van der Waals surface area contributed by atoms with E-state index in [1.165, 1.54) is 24.5 Å². The third-order valence-corrected chi connectivity index (χ3v) is 5.67. The van der Waals surface area contributed by atoms with Gasteiger partial charge in [0.2, 0.25) is 0 Å². The van der Waals surface area contributed by atoms with Crippen molar-refractivity contribution in [2.24, 2.45) is 0 Å². The monoisotopic (exact) mass is 368 g/mol. The van der Waals surface area contributed by atoms with E-state index in [4.69, 9.17) is 0 Å². The largest absolute Gasteiger partial charge is 0.385 e. The van der Waals surface area contributed by atoms with Crippen LogP contribution in [0.15, 0.2) is 37.2 Å². The molecule has 0 radical (unpaired) electrons. The van der Waals surface area contributed by atoms with Gasteiger partial charge in [-0.1, -0.05) is 13.8 Å². The molecule has 3 aliphatic heterocycles. The van der Waals surface area contributed by atoms with Crippen molar-refractivity contribution in [1.29, 1.82) is 0 Å². The van der Waals surface area contributed by atoms with Gasteiger partial charge in [-0.25, -0.2) is 15.0 Å². The van der Waals surface area contributed by atoms with E-state index < -0.39 is 0 Å². The predicted molar refractivity (Wildman–Crippen MR) is 102 cm³/mol. The van der Waals surface area contributed by atoms with Crippen LogP contribution < -0.4 is 0 Å². The van der Waals surface area contributed by atoms with Crippen molar-refractivity contribution in [3.05, 3.63) is 54.7 Å². The lowest BCUT2D eigenvalue weighted by Crippen LogP contribution is -1.92. The fourth-order valence-electron chi connectivity index (χ4n) is 4.00. The van der Waals surface area contributed by atoms with E-state index in [0.29, 0.717) is 11.8 Å². The number of fused-ring (bicyclic) bond motifs is 3. The minimum atomic E-state index is -0.319. The predicted octanol–water partition coefficient (Wildman–Crippen LogP) is 3.10. The third-order valence-electron chi connectivity index (χ3n) is 5.67. The van der Waals surface area contributed by atoms with Crippen molar-refractivity contribution in [3.63, 3.8) is 0 Å². The Morgan fingerprint density at radius 1 is 0.704 bits per heavy atom. The van der Waals surface area contributed by atoms with Crippen LogP contribution in [-0.2, 0) is 19.6 Å². The SMILES string of the molecule is CC1CCn2ccnc21.C[C@@H]1CCn2ccnc21.O[C@H]1CCn2ccnc21. The lowest BCUT2D eigenvalue weighted by Gasteiger charge is -1.94. The number of nitrogens with zero attached hydrogens (tertiary/aromatic N) is 6. The van der Waals surface area contributed by atoms with Crippen LogP contribution in [0, 0.1) is 0 Å². The van der Waals surface area contributed by atoms with Crippen LogP contribution in [0.1, 0.15) is 68.5 Å². The Morgan fingerprint density at radius 2 is 1.11 bits per heavy atom. The smallest absolute Gasteiger partial charge is 0.137 e. The molecular weight excluding hydrogens is 340 g/mol. The summed E-state index contributed by atoms with van der Waals surface area (Å²) in [6, 6.07) is 0. The van der Waals surface area contributed by atoms with Gasteiger partial charge in [-0.2, -0.15) is 0 Å². The van der Waals surface area contributed by atoms with E-state index in [9.17, 15) is 5.11 Å². The van der Waals surface area contributed by atoms with Crippen molar-refractivity contribution in [1.82, 2.24) is 28.7 Å². The average Bonchev–Trinajstić information content (AvgIpc) is 3.45. The quantitative estimate of drug-likeness (QED) is 0.662. The molecule has 6 heterocycles. The van der Waals surface area contributed by atoms with Gasteiger partial charge >= 0.3 is 0 Å². The summed E-state index contributed by atoms with van der Waals surface area (Å²) in [5, 5.41) is 9.19. The van der Waals surface area contributed by atoms with E-state index in [-0.39, 0.29) is 6.10 Å². The van der Waals surface area contributed by atoms with Gasteiger partial charge in [-0.05, 0) is 19.3 Å². The molecule has 0 saturated carbocycles. The number of aromatic nitrogens is 6. The van der Waals surface area contributed by atoms with Crippen LogP contribution in [0.5, 0.6) is 0 Å². The molecule has 3 aromatic heterocycles. The minimum Gasteiger partial charge on any atom is -0.385 e. The normalized spacial score (nSPS) is 24.3. The van der Waals surface area contributed by atoms with E-state index in [1.54, 1.807) is 6.20 Å². The molecule has 0 amide bonds. The highest BCUT2D eigenvalue weighted by Gasteiger charge is 2.20. The average molecular weight is 368 g/mol. The first kappa shape index (κ1) is 18.0. The molecule has 1 N–H and O–H groups in total. The van der Waals surface area contributed by atoms with Gasteiger partial charge in [0.15, 0.2) is 0 Å². The van der Waals surface area contributed by atoms with E-state index >= 15 is 0 Å². The highest BCUT2D eigenvalue weighted by Crippen LogP contribution is 2.25. The molecule has 3 aromatic rings. The first-order valence-corrected chi connectivity index (χ1v) is 9.84. The maximum Gasteiger partial charge on any atom is 0.137 e. The van der Waals surface area contributed by atoms with Crippen molar-refractivity contribution in [2.45, 2.75) is 70.7 Å². The fourth-order valence-corrected chi connectivity index (χ4v) is 4.00. The highest BCUT2D eigenvalue weighted by molar-refractivity contribution is 5.04. The number of aliphatic hydroxyl groups excluding tert-OH is 1. The molecule has 3 atom stereocenters. The van der Waals surface area contributed by atoms with E-state index in [2.05, 4.69) is 50.3 Å². The Hall–Kier alpha value is -2.41. The van der Waals surface area contributed by atoms with Gasteiger partial charge in [0.1, 0.15) is 23.6 Å². The second kappa shape index (κ2) is 7.68. The van der Waals surface area contributed by atoms with Crippen molar-refractivity contribution < 1.29 is 5.11 Å². The molecule has 7 heteroatoms. The summed E-state index contributed by atoms with van der Waals surface area (Å²) < 4.78 is 6.43. The summed E-state index contributed by atoms with van der Waals surface area (Å²) in [6.07, 6.45) is 14.5. The Balaban J connectivity index is 0.0000001000. The van der Waals surface area contributed by atoms with Crippen LogP contribution in [0.4, 0.5) is 0 Å². The standard InChI is InChI=1S/2C7H10N2.C6H8N2O/c2*1-6-2-4-9-5-3-8-7(6)9;9-5-1-3-8-4-2-7-6(5)8/h2*3,5-6H,2,4H2,1H3;2,4-5,9H,1,3H2/t6-;;5-/m1.0/s1. The molecule has 27 heavy (non-hydrogen) atoms. The molecule has 0 saturated heterocycles. The second-order valence-electron chi connectivity index (χ2n) is 7.62. The molecule has 0 aromatic carbocycles. The summed E-state index contributed by atoms with van der Waals surface area (Å²) in [4.78, 5) is 12.5. The number of hydrogen-bond acceptors (Lipinski definition) is 4. The minimum absolute atomic E-state index is 0.319. The third kappa shape index (κ3) is 3.69. The molecular formula is C20H28N6O. The molecule has 144 valence electrons. The lowest BCUT2D eigenvalue weighted by atomic mass is 10.1. The number of hydrogen-bond donors (Lipinski definition) is 1. The first-order chi connectivity index (χ1) is 13.1. The van der Waals surface area contributed by atoms with Gasteiger partial charge in [0.05, 0.1) is 0 Å². The summed E-state index contributed by atoms with van der Waals surface area (Å²) in [5.74, 6) is 4.69. The number of imidazole rings is 3. The highest BCUT2D eigenvalue weighted by atomic mass is 16.3. The van der Waals surface area contributed by atoms with Crippen LogP contribution in [0.3, 0.4) is 0 Å². The van der Waals surface area contributed by atoms with Gasteiger partial charge in [-0.3, -0.25) is 0 Å². The van der Waals surface area contributed by atoms with Crippen LogP contribution in [0.25, 0.3) is 0 Å². The Labute approximate surface area is 159 Å². The summed E-state index contributed by atoms with van der Waals surface area (Å²) >= 11 is 0. The van der Waals surface area contributed by atoms with E-state index in [0.717, 1.165) is 31.9 Å². The van der Waals surface area contributed by atoms with Gasteiger partial charge in [-0.15, -0.1) is 0 Å². The molecule has 0 spiro atoms. The molecule has 0 bridgehead atoms.